The predicted octanol–water partition coefficient (Wildman–Crippen LogP) is 1.25. The fraction of sp³-hybridized carbons (Fsp3) is 0.400. The summed E-state index contributed by atoms with van der Waals surface area (Å²) in [5, 5.41) is 12.5. The highest BCUT2D eigenvalue weighted by atomic mass is 32.2. The molecule has 8 heteroatoms. The van der Waals surface area contributed by atoms with E-state index in [0.717, 1.165) is 0 Å². The van der Waals surface area contributed by atoms with Crippen LogP contribution in [0.25, 0.3) is 4.96 Å². The Labute approximate surface area is 111 Å². The van der Waals surface area contributed by atoms with E-state index in [1.165, 1.54) is 33.7 Å². The van der Waals surface area contributed by atoms with Crippen molar-refractivity contribution in [1.29, 1.82) is 0 Å². The van der Waals surface area contributed by atoms with Crippen molar-refractivity contribution >= 4 is 34.0 Å². The molecule has 1 N–H and O–H groups in total. The van der Waals surface area contributed by atoms with Crippen LogP contribution in [0.2, 0.25) is 0 Å². The van der Waals surface area contributed by atoms with Gasteiger partial charge in [-0.3, -0.25) is 9.59 Å². The van der Waals surface area contributed by atoms with Crippen molar-refractivity contribution in [3.05, 3.63) is 27.6 Å². The molecule has 2 aromatic rings. The van der Waals surface area contributed by atoms with Gasteiger partial charge >= 0.3 is 5.97 Å². The smallest absolute Gasteiger partial charge is 0.304 e. The van der Waals surface area contributed by atoms with Gasteiger partial charge in [0, 0.05) is 17.1 Å². The first kappa shape index (κ1) is 13.0. The molecule has 2 heterocycles. The molecule has 2 aromatic heterocycles. The zero-order valence-corrected chi connectivity index (χ0v) is 11.2. The largest absolute Gasteiger partial charge is 0.481 e. The molecule has 0 amide bonds. The van der Waals surface area contributed by atoms with E-state index in [4.69, 9.17) is 5.11 Å². The van der Waals surface area contributed by atoms with Crippen molar-refractivity contribution in [3.63, 3.8) is 0 Å². The summed E-state index contributed by atoms with van der Waals surface area (Å²) >= 11 is 2.77. The number of hydrogen-bond donors (Lipinski definition) is 1. The standard InChI is InChI=1S/C10H11N3O3S2/c1-6(2-9(15)16)17-4-7-3-8(14)13-10(12-7)18-5-11-13/h3,5-6H,2,4H2,1H3,(H,15,16). The van der Waals surface area contributed by atoms with Crippen LogP contribution in [0.5, 0.6) is 0 Å². The number of fused-ring (bicyclic) bond motifs is 1. The second kappa shape index (κ2) is 5.49. The number of nitrogens with zero attached hydrogens (tertiary/aromatic N) is 3. The second-order valence-corrected chi connectivity index (χ2v) is 5.98. The van der Waals surface area contributed by atoms with Crippen molar-refractivity contribution in [2.45, 2.75) is 24.3 Å². The van der Waals surface area contributed by atoms with Gasteiger partial charge in [-0.15, -0.1) is 0 Å². The Kier molecular flexibility index (Phi) is 3.97. The van der Waals surface area contributed by atoms with Gasteiger partial charge < -0.3 is 5.11 Å². The maximum atomic E-state index is 11.6. The quantitative estimate of drug-likeness (QED) is 0.890. The zero-order chi connectivity index (χ0) is 13.1. The van der Waals surface area contributed by atoms with E-state index < -0.39 is 5.97 Å². The lowest BCUT2D eigenvalue weighted by molar-refractivity contribution is -0.136. The van der Waals surface area contributed by atoms with Crippen LogP contribution >= 0.6 is 23.1 Å². The summed E-state index contributed by atoms with van der Waals surface area (Å²) in [5.74, 6) is -0.293. The third kappa shape index (κ3) is 3.08. The van der Waals surface area contributed by atoms with E-state index in [1.54, 1.807) is 5.51 Å². The Morgan fingerprint density at radius 2 is 2.44 bits per heavy atom. The van der Waals surface area contributed by atoms with E-state index in [-0.39, 0.29) is 17.2 Å². The van der Waals surface area contributed by atoms with Gasteiger partial charge in [-0.1, -0.05) is 18.3 Å². The molecule has 0 aliphatic heterocycles. The first-order valence-corrected chi connectivity index (χ1v) is 7.15. The summed E-state index contributed by atoms with van der Waals surface area (Å²) < 4.78 is 1.25. The SMILES string of the molecule is CC(CC(=O)O)SCc1cc(=O)n2ncsc2n1. The van der Waals surface area contributed by atoms with E-state index in [2.05, 4.69) is 10.1 Å². The summed E-state index contributed by atoms with van der Waals surface area (Å²) in [6.45, 7) is 1.84. The van der Waals surface area contributed by atoms with Gasteiger partial charge in [-0.25, -0.2) is 4.98 Å². The molecule has 0 saturated carbocycles. The molecular formula is C10H11N3O3S2. The lowest BCUT2D eigenvalue weighted by atomic mass is 10.3. The molecule has 6 nitrogen and oxygen atoms in total. The molecular weight excluding hydrogens is 274 g/mol. The van der Waals surface area contributed by atoms with E-state index in [9.17, 15) is 9.59 Å². The molecule has 18 heavy (non-hydrogen) atoms. The van der Waals surface area contributed by atoms with Crippen molar-refractivity contribution in [1.82, 2.24) is 14.6 Å². The highest BCUT2D eigenvalue weighted by Gasteiger charge is 2.10. The van der Waals surface area contributed by atoms with Crippen molar-refractivity contribution in [2.75, 3.05) is 0 Å². The summed E-state index contributed by atoms with van der Waals surface area (Å²) in [6, 6.07) is 1.44. The molecule has 96 valence electrons. The number of carbonyl (C=O) groups is 1. The highest BCUT2D eigenvalue weighted by molar-refractivity contribution is 7.99. The van der Waals surface area contributed by atoms with Crippen LogP contribution in [0.15, 0.2) is 16.4 Å². The fourth-order valence-corrected chi connectivity index (χ4v) is 2.91. The molecule has 0 aliphatic rings. The van der Waals surface area contributed by atoms with Crippen LogP contribution in [0.3, 0.4) is 0 Å². The van der Waals surface area contributed by atoms with E-state index in [0.29, 0.717) is 16.4 Å². The van der Waals surface area contributed by atoms with Crippen LogP contribution in [-0.4, -0.2) is 30.9 Å². The lowest BCUT2D eigenvalue weighted by Gasteiger charge is -2.07. The topological polar surface area (TPSA) is 84.6 Å². The molecule has 0 aliphatic carbocycles. The molecule has 2 rings (SSSR count). The molecule has 0 saturated heterocycles. The summed E-state index contributed by atoms with van der Waals surface area (Å²) in [6.07, 6.45) is 0.104. The van der Waals surface area contributed by atoms with Crippen LogP contribution in [0.1, 0.15) is 19.0 Å². The molecule has 0 fully saturated rings. The van der Waals surface area contributed by atoms with Gasteiger partial charge in [0.25, 0.3) is 5.56 Å². The van der Waals surface area contributed by atoms with E-state index >= 15 is 0 Å². The minimum Gasteiger partial charge on any atom is -0.481 e. The van der Waals surface area contributed by atoms with E-state index in [1.807, 2.05) is 6.92 Å². The lowest BCUT2D eigenvalue weighted by Crippen LogP contribution is -2.15. The van der Waals surface area contributed by atoms with Gasteiger partial charge in [-0.2, -0.15) is 21.4 Å². The van der Waals surface area contributed by atoms with Gasteiger partial charge in [0.1, 0.15) is 5.51 Å². The second-order valence-electron chi connectivity index (χ2n) is 3.74. The number of rotatable bonds is 5. The maximum absolute atomic E-state index is 11.6. The Balaban J connectivity index is 2.08. The first-order valence-electron chi connectivity index (χ1n) is 5.22. The van der Waals surface area contributed by atoms with Gasteiger partial charge in [0.05, 0.1) is 12.1 Å². The third-order valence-corrected chi connectivity index (χ3v) is 4.09. The number of thioether (sulfide) groups is 1. The Bertz CT molecular complexity index is 622. The Morgan fingerprint density at radius 1 is 1.67 bits per heavy atom. The fourth-order valence-electron chi connectivity index (χ4n) is 1.41. The molecule has 1 atom stereocenters. The molecule has 0 bridgehead atoms. The molecule has 0 spiro atoms. The molecule has 1 unspecified atom stereocenters. The minimum atomic E-state index is -0.819. The summed E-state index contributed by atoms with van der Waals surface area (Å²) in [4.78, 5) is 27.0. The number of hydrogen-bond acceptors (Lipinski definition) is 6. The van der Waals surface area contributed by atoms with Crippen molar-refractivity contribution in [2.24, 2.45) is 0 Å². The van der Waals surface area contributed by atoms with Crippen LogP contribution < -0.4 is 5.56 Å². The van der Waals surface area contributed by atoms with Crippen molar-refractivity contribution in [3.8, 4) is 0 Å². The number of aliphatic carboxylic acids is 1. The summed E-state index contributed by atoms with van der Waals surface area (Å²) in [5.41, 5.74) is 2.02. The minimum absolute atomic E-state index is 0.00999. The maximum Gasteiger partial charge on any atom is 0.304 e. The van der Waals surface area contributed by atoms with Gasteiger partial charge in [-0.05, 0) is 0 Å². The van der Waals surface area contributed by atoms with Crippen LogP contribution in [0, 0.1) is 0 Å². The average Bonchev–Trinajstić information content (AvgIpc) is 2.74. The zero-order valence-electron chi connectivity index (χ0n) is 9.57. The Morgan fingerprint density at radius 3 is 3.17 bits per heavy atom. The third-order valence-electron chi connectivity index (χ3n) is 2.22. The van der Waals surface area contributed by atoms with Crippen molar-refractivity contribution < 1.29 is 9.90 Å². The number of carboxylic acids is 1. The number of carboxylic acid groups (broad SMARTS) is 1. The highest BCUT2D eigenvalue weighted by Crippen LogP contribution is 2.19. The molecule has 0 aromatic carbocycles. The average molecular weight is 285 g/mol. The van der Waals surface area contributed by atoms with Crippen LogP contribution in [-0.2, 0) is 10.5 Å². The Hall–Kier alpha value is -1.41. The molecule has 0 radical (unpaired) electrons. The van der Waals surface area contributed by atoms with Gasteiger partial charge in [0.2, 0.25) is 4.96 Å². The predicted molar refractivity (Wildman–Crippen MR) is 70.1 cm³/mol. The first-order chi connectivity index (χ1) is 8.56. The monoisotopic (exact) mass is 285 g/mol. The normalized spacial score (nSPS) is 12.7. The van der Waals surface area contributed by atoms with Gasteiger partial charge in [0.15, 0.2) is 0 Å². The van der Waals surface area contributed by atoms with Crippen LogP contribution in [0.4, 0.5) is 0 Å². The summed E-state index contributed by atoms with van der Waals surface area (Å²) in [7, 11) is 0. The number of aromatic nitrogens is 3.